The number of carbonyl (C=O) groups is 1. The van der Waals surface area contributed by atoms with Crippen LogP contribution in [0.4, 0.5) is 9.18 Å². The van der Waals surface area contributed by atoms with E-state index in [2.05, 4.69) is 22.1 Å². The van der Waals surface area contributed by atoms with Crippen LogP contribution in [0.15, 0.2) is 67.0 Å². The number of nitrogens with one attached hydrogen (secondary N) is 1. The number of halogens is 2. The summed E-state index contributed by atoms with van der Waals surface area (Å²) < 4.78 is 19.0. The molecule has 1 saturated heterocycles. The molecule has 0 radical (unpaired) electrons. The Morgan fingerprint density at radius 2 is 1.82 bits per heavy atom. The van der Waals surface area contributed by atoms with Crippen molar-refractivity contribution in [3.8, 4) is 11.8 Å². The first-order valence-corrected chi connectivity index (χ1v) is 8.91. The Kier molecular flexibility index (Phi) is 4.96. The van der Waals surface area contributed by atoms with Crippen LogP contribution in [0.25, 0.3) is 0 Å². The van der Waals surface area contributed by atoms with Gasteiger partial charge in [0.1, 0.15) is 11.9 Å². The largest absolute Gasteiger partial charge is 0.439 e. The lowest BCUT2D eigenvalue weighted by Gasteiger charge is -2.17. The van der Waals surface area contributed by atoms with E-state index in [1.807, 2.05) is 18.2 Å². The van der Waals surface area contributed by atoms with E-state index in [1.165, 1.54) is 12.1 Å². The van der Waals surface area contributed by atoms with Gasteiger partial charge in [-0.15, -0.1) is 0 Å². The van der Waals surface area contributed by atoms with Crippen LogP contribution in [-0.2, 0) is 4.74 Å². The fraction of sp³-hybridized carbons (Fsp3) is 0.0909. The molecule has 4 rings (SSSR count). The van der Waals surface area contributed by atoms with Crippen LogP contribution in [0.3, 0.4) is 0 Å². The third kappa shape index (κ3) is 3.98. The number of pyridine rings is 1. The van der Waals surface area contributed by atoms with Gasteiger partial charge < -0.3 is 10.1 Å². The molecule has 0 bridgehead atoms. The Morgan fingerprint density at radius 3 is 2.64 bits per heavy atom. The van der Waals surface area contributed by atoms with Crippen LogP contribution in [0.1, 0.15) is 34.4 Å². The molecule has 4 nitrogen and oxygen atoms in total. The maximum Gasteiger partial charge on any atom is 0.408 e. The Hall–Kier alpha value is -3.36. The summed E-state index contributed by atoms with van der Waals surface area (Å²) >= 11 is 5.98. The highest BCUT2D eigenvalue weighted by Crippen LogP contribution is 2.36. The molecule has 1 fully saturated rings. The second-order valence-corrected chi connectivity index (χ2v) is 6.71. The average molecular weight is 393 g/mol. The highest BCUT2D eigenvalue weighted by molar-refractivity contribution is 6.30. The fourth-order valence-electron chi connectivity index (χ4n) is 3.03. The smallest absolute Gasteiger partial charge is 0.408 e. The Morgan fingerprint density at radius 1 is 1.00 bits per heavy atom. The molecule has 2 atom stereocenters. The number of nitrogens with zero attached hydrogens (tertiary/aromatic N) is 1. The van der Waals surface area contributed by atoms with Gasteiger partial charge in [-0.2, -0.15) is 0 Å². The van der Waals surface area contributed by atoms with Crippen molar-refractivity contribution >= 4 is 17.7 Å². The summed E-state index contributed by atoms with van der Waals surface area (Å²) in [6.45, 7) is 0. The molecular weight excluding hydrogens is 379 g/mol. The highest BCUT2D eigenvalue weighted by atomic mass is 35.5. The van der Waals surface area contributed by atoms with Crippen molar-refractivity contribution in [1.29, 1.82) is 0 Å². The van der Waals surface area contributed by atoms with Gasteiger partial charge in [0, 0.05) is 28.5 Å². The number of cyclic esters (lactones) is 1. The number of alkyl carbamates (subject to hydrolysis) is 1. The highest BCUT2D eigenvalue weighted by Gasteiger charge is 2.36. The third-order valence-electron chi connectivity index (χ3n) is 4.28. The first-order chi connectivity index (χ1) is 13.6. The summed E-state index contributed by atoms with van der Waals surface area (Å²) in [7, 11) is 0. The second-order valence-electron chi connectivity index (χ2n) is 6.27. The predicted molar refractivity (Wildman–Crippen MR) is 103 cm³/mol. The molecule has 2 aromatic carbocycles. The minimum Gasteiger partial charge on any atom is -0.439 e. The molecule has 1 aromatic heterocycles. The average Bonchev–Trinajstić information content (AvgIpc) is 3.09. The molecule has 1 N–H and O–H groups in total. The van der Waals surface area contributed by atoms with Gasteiger partial charge in [0.15, 0.2) is 6.10 Å². The van der Waals surface area contributed by atoms with Gasteiger partial charge >= 0.3 is 6.09 Å². The minimum absolute atomic E-state index is 0.390. The Balaban J connectivity index is 1.64. The van der Waals surface area contributed by atoms with E-state index >= 15 is 0 Å². The van der Waals surface area contributed by atoms with Crippen LogP contribution in [0.5, 0.6) is 0 Å². The number of hydrogen-bond donors (Lipinski definition) is 1. The molecule has 1 aliphatic rings. The Labute approximate surface area is 166 Å². The normalized spacial score (nSPS) is 18.0. The maximum atomic E-state index is 13.6. The predicted octanol–water partition coefficient (Wildman–Crippen LogP) is 4.80. The van der Waals surface area contributed by atoms with Gasteiger partial charge in [-0.25, -0.2) is 9.18 Å². The van der Waals surface area contributed by atoms with Gasteiger partial charge in [-0.1, -0.05) is 41.6 Å². The van der Waals surface area contributed by atoms with E-state index in [9.17, 15) is 9.18 Å². The van der Waals surface area contributed by atoms with Crippen molar-refractivity contribution in [2.45, 2.75) is 12.1 Å². The van der Waals surface area contributed by atoms with Crippen molar-refractivity contribution in [2.75, 3.05) is 0 Å². The molecule has 6 heteroatoms. The van der Waals surface area contributed by atoms with Crippen molar-refractivity contribution in [2.24, 2.45) is 0 Å². The number of rotatable bonds is 2. The summed E-state index contributed by atoms with van der Waals surface area (Å²) in [5.41, 5.74) is 2.75. The molecule has 0 spiro atoms. The zero-order chi connectivity index (χ0) is 19.5. The van der Waals surface area contributed by atoms with Crippen molar-refractivity contribution < 1.29 is 13.9 Å². The molecule has 1 amide bonds. The molecule has 3 aromatic rings. The third-order valence-corrected chi connectivity index (χ3v) is 4.52. The molecular formula is C22H14ClFN2O2. The number of ether oxygens (including phenoxy) is 1. The summed E-state index contributed by atoms with van der Waals surface area (Å²) in [6, 6.07) is 14.6. The SMILES string of the molecule is O=C1N[C@H](c2cncc(C#Cc3cccc(Cl)c3)c2)[C@@H](c2cccc(F)c2)O1. The Bertz CT molecular complexity index is 1110. The monoisotopic (exact) mass is 392 g/mol. The first-order valence-electron chi connectivity index (χ1n) is 8.54. The standard InChI is InChI=1S/C22H14ClFN2O2/c23-18-5-1-3-14(10-18)7-8-15-9-17(13-25-12-15)20-21(28-22(27)26-20)16-4-2-6-19(24)11-16/h1-6,9-13,20-21H,(H,26,27)/t20-,21-/m1/s1. The maximum absolute atomic E-state index is 13.6. The van der Waals surface area contributed by atoms with E-state index in [4.69, 9.17) is 16.3 Å². The lowest BCUT2D eigenvalue weighted by molar-refractivity contribution is 0.132. The van der Waals surface area contributed by atoms with Gasteiger partial charge in [0.25, 0.3) is 0 Å². The van der Waals surface area contributed by atoms with Crippen LogP contribution in [0, 0.1) is 17.7 Å². The molecule has 28 heavy (non-hydrogen) atoms. The van der Waals surface area contributed by atoms with Crippen molar-refractivity contribution in [3.05, 3.63) is 100 Å². The zero-order valence-electron chi connectivity index (χ0n) is 14.5. The van der Waals surface area contributed by atoms with Crippen LogP contribution in [-0.4, -0.2) is 11.1 Å². The number of carbonyl (C=O) groups excluding carboxylic acids is 1. The molecule has 2 heterocycles. The lowest BCUT2D eigenvalue weighted by Crippen LogP contribution is -2.19. The molecule has 1 aliphatic heterocycles. The quantitative estimate of drug-likeness (QED) is 0.637. The number of benzene rings is 2. The van der Waals surface area contributed by atoms with Crippen LogP contribution in [0.2, 0.25) is 5.02 Å². The van der Waals surface area contributed by atoms with E-state index < -0.39 is 24.1 Å². The zero-order valence-corrected chi connectivity index (χ0v) is 15.3. The molecule has 138 valence electrons. The van der Waals surface area contributed by atoms with Gasteiger partial charge in [0.05, 0.1) is 0 Å². The minimum atomic E-state index is -0.652. The van der Waals surface area contributed by atoms with E-state index in [0.717, 1.165) is 11.1 Å². The number of aromatic nitrogens is 1. The number of amides is 1. The molecule has 0 aliphatic carbocycles. The first kappa shape index (κ1) is 18.0. The molecule has 0 unspecified atom stereocenters. The summed E-state index contributed by atoms with van der Waals surface area (Å²) in [5, 5.41) is 3.37. The van der Waals surface area contributed by atoms with E-state index in [1.54, 1.807) is 36.7 Å². The van der Waals surface area contributed by atoms with Crippen LogP contribution < -0.4 is 5.32 Å². The van der Waals surface area contributed by atoms with Crippen molar-refractivity contribution in [1.82, 2.24) is 10.3 Å². The van der Waals surface area contributed by atoms with Crippen molar-refractivity contribution in [3.63, 3.8) is 0 Å². The van der Waals surface area contributed by atoms with E-state index in [0.29, 0.717) is 16.1 Å². The fourth-order valence-corrected chi connectivity index (χ4v) is 3.22. The van der Waals surface area contributed by atoms with Crippen LogP contribution >= 0.6 is 11.6 Å². The summed E-state index contributed by atoms with van der Waals surface area (Å²) in [5.74, 6) is 5.69. The number of hydrogen-bond acceptors (Lipinski definition) is 3. The second kappa shape index (κ2) is 7.71. The van der Waals surface area contributed by atoms with Gasteiger partial charge in [-0.3, -0.25) is 4.98 Å². The van der Waals surface area contributed by atoms with Gasteiger partial charge in [0.2, 0.25) is 0 Å². The lowest BCUT2D eigenvalue weighted by atomic mass is 9.97. The molecule has 0 saturated carbocycles. The van der Waals surface area contributed by atoms with E-state index in [-0.39, 0.29) is 0 Å². The summed E-state index contributed by atoms with van der Waals surface area (Å²) in [4.78, 5) is 16.1. The summed E-state index contributed by atoms with van der Waals surface area (Å²) in [6.07, 6.45) is 2.06. The van der Waals surface area contributed by atoms with Gasteiger partial charge in [-0.05, 0) is 47.5 Å². The topological polar surface area (TPSA) is 51.2 Å².